The molecule has 114 valence electrons. The van der Waals surface area contributed by atoms with Crippen molar-refractivity contribution >= 4 is 28.3 Å². The summed E-state index contributed by atoms with van der Waals surface area (Å²) in [6, 6.07) is 0. The number of hydrogen-bond donors (Lipinski definition) is 1. The molecule has 21 heavy (non-hydrogen) atoms. The Balaban J connectivity index is 1.60. The summed E-state index contributed by atoms with van der Waals surface area (Å²) in [6.45, 7) is 0.851. The van der Waals surface area contributed by atoms with E-state index in [4.69, 9.17) is 0 Å². The van der Waals surface area contributed by atoms with Crippen molar-refractivity contribution in [2.24, 2.45) is 0 Å². The maximum Gasteiger partial charge on any atom is 0.245 e. The highest BCUT2D eigenvalue weighted by molar-refractivity contribution is 7.15. The summed E-state index contributed by atoms with van der Waals surface area (Å²) in [5, 5.41) is 3.56. The lowest BCUT2D eigenvalue weighted by Gasteiger charge is -2.13. The van der Waals surface area contributed by atoms with Crippen molar-refractivity contribution in [1.82, 2.24) is 9.88 Å². The number of nitrogens with one attached hydrogen (secondary N) is 1. The van der Waals surface area contributed by atoms with E-state index in [1.807, 2.05) is 0 Å². The lowest BCUT2D eigenvalue weighted by molar-refractivity contribution is -0.131. The topological polar surface area (TPSA) is 62.3 Å². The third-order valence-corrected chi connectivity index (χ3v) is 5.17. The van der Waals surface area contributed by atoms with Gasteiger partial charge < -0.3 is 10.2 Å². The Morgan fingerprint density at radius 3 is 2.71 bits per heavy atom. The number of anilines is 1. The second kappa shape index (κ2) is 6.56. The standard InChI is InChI=1S/C15H21N3O2S/c19-13(10-18-9-5-8-14(18)20)17-15-16-11-6-3-1-2-4-7-12(11)21-15/h1-10H2,(H,16,17,19). The second-order valence-corrected chi connectivity index (χ2v) is 6.85. The monoisotopic (exact) mass is 307 g/mol. The highest BCUT2D eigenvalue weighted by Crippen LogP contribution is 2.28. The molecule has 0 aromatic carbocycles. The van der Waals surface area contributed by atoms with E-state index < -0.39 is 0 Å². The molecule has 2 amide bonds. The van der Waals surface area contributed by atoms with Gasteiger partial charge in [-0.2, -0.15) is 0 Å². The van der Waals surface area contributed by atoms with Crippen molar-refractivity contribution in [1.29, 1.82) is 0 Å². The fraction of sp³-hybridized carbons (Fsp3) is 0.667. The molecule has 0 saturated carbocycles. The molecule has 1 aromatic rings. The van der Waals surface area contributed by atoms with Crippen LogP contribution in [-0.2, 0) is 22.4 Å². The molecule has 0 radical (unpaired) electrons. The average Bonchev–Trinajstić information content (AvgIpc) is 2.97. The van der Waals surface area contributed by atoms with Crippen LogP contribution in [0.1, 0.15) is 49.1 Å². The number of carbonyl (C=O) groups excluding carboxylic acids is 2. The number of carbonyl (C=O) groups is 2. The maximum absolute atomic E-state index is 12.0. The number of aryl methyl sites for hydroxylation is 2. The molecular weight excluding hydrogens is 286 g/mol. The summed E-state index contributed by atoms with van der Waals surface area (Å²) in [4.78, 5) is 31.1. The van der Waals surface area contributed by atoms with E-state index in [9.17, 15) is 9.59 Å². The van der Waals surface area contributed by atoms with Gasteiger partial charge in [0.2, 0.25) is 11.8 Å². The lowest BCUT2D eigenvalue weighted by atomic mass is 10.0. The number of thiazole rings is 1. The number of rotatable bonds is 3. The van der Waals surface area contributed by atoms with Crippen LogP contribution in [0.3, 0.4) is 0 Å². The van der Waals surface area contributed by atoms with Crippen molar-refractivity contribution < 1.29 is 9.59 Å². The Morgan fingerprint density at radius 1 is 1.14 bits per heavy atom. The molecule has 1 fully saturated rings. The lowest BCUT2D eigenvalue weighted by Crippen LogP contribution is -2.33. The van der Waals surface area contributed by atoms with E-state index in [1.165, 1.54) is 30.6 Å². The predicted molar refractivity (Wildman–Crippen MR) is 82.4 cm³/mol. The first kappa shape index (κ1) is 14.5. The highest BCUT2D eigenvalue weighted by atomic mass is 32.1. The fourth-order valence-electron chi connectivity index (χ4n) is 2.96. The molecule has 5 nitrogen and oxygen atoms in total. The Morgan fingerprint density at radius 2 is 1.95 bits per heavy atom. The zero-order valence-electron chi connectivity index (χ0n) is 12.2. The molecule has 0 unspecified atom stereocenters. The van der Waals surface area contributed by atoms with Crippen molar-refractivity contribution in [3.8, 4) is 0 Å². The summed E-state index contributed by atoms with van der Waals surface area (Å²) < 4.78 is 0. The SMILES string of the molecule is O=C(CN1CCCC1=O)Nc1nc2c(s1)CCCCCC2. The molecule has 1 N–H and O–H groups in total. The molecule has 1 aliphatic carbocycles. The van der Waals surface area contributed by atoms with Crippen LogP contribution in [0.25, 0.3) is 0 Å². The van der Waals surface area contributed by atoms with Gasteiger partial charge in [0.1, 0.15) is 0 Å². The number of amides is 2. The van der Waals surface area contributed by atoms with Crippen molar-refractivity contribution in [3.63, 3.8) is 0 Å². The summed E-state index contributed by atoms with van der Waals surface area (Å²) in [6.07, 6.45) is 8.49. The molecule has 0 bridgehead atoms. The van der Waals surface area contributed by atoms with Gasteiger partial charge in [-0.15, -0.1) is 11.3 Å². The fourth-order valence-corrected chi connectivity index (χ4v) is 4.03. The predicted octanol–water partition coefficient (Wildman–Crippen LogP) is 2.36. The molecular formula is C15H21N3O2S. The van der Waals surface area contributed by atoms with E-state index in [0.717, 1.165) is 25.0 Å². The van der Waals surface area contributed by atoms with Crippen LogP contribution in [0.5, 0.6) is 0 Å². The maximum atomic E-state index is 12.0. The van der Waals surface area contributed by atoms with Crippen molar-refractivity contribution in [2.75, 3.05) is 18.4 Å². The van der Waals surface area contributed by atoms with E-state index in [2.05, 4.69) is 10.3 Å². The first-order chi connectivity index (χ1) is 10.2. The van der Waals surface area contributed by atoms with Gasteiger partial charge in [-0.3, -0.25) is 9.59 Å². The Labute approximate surface area is 128 Å². The molecule has 2 heterocycles. The van der Waals surface area contributed by atoms with Crippen LogP contribution >= 0.6 is 11.3 Å². The first-order valence-electron chi connectivity index (χ1n) is 7.78. The van der Waals surface area contributed by atoms with Gasteiger partial charge in [-0.25, -0.2) is 4.98 Å². The largest absolute Gasteiger partial charge is 0.333 e. The van der Waals surface area contributed by atoms with Gasteiger partial charge in [-0.1, -0.05) is 12.8 Å². The Hall–Kier alpha value is -1.43. The van der Waals surface area contributed by atoms with E-state index in [-0.39, 0.29) is 18.4 Å². The summed E-state index contributed by atoms with van der Waals surface area (Å²) >= 11 is 1.60. The second-order valence-electron chi connectivity index (χ2n) is 5.77. The third kappa shape index (κ3) is 3.61. The van der Waals surface area contributed by atoms with Gasteiger partial charge in [0, 0.05) is 17.8 Å². The van der Waals surface area contributed by atoms with Crippen LogP contribution in [-0.4, -0.2) is 34.8 Å². The van der Waals surface area contributed by atoms with Gasteiger partial charge in [0.15, 0.2) is 5.13 Å². The zero-order chi connectivity index (χ0) is 14.7. The van der Waals surface area contributed by atoms with E-state index in [0.29, 0.717) is 18.1 Å². The molecule has 1 aromatic heterocycles. The Kier molecular flexibility index (Phi) is 4.53. The number of likely N-dealkylation sites (tertiary alicyclic amines) is 1. The molecule has 3 rings (SSSR count). The normalized spacial score (nSPS) is 19.0. The molecule has 0 atom stereocenters. The minimum absolute atomic E-state index is 0.0801. The van der Waals surface area contributed by atoms with Crippen LogP contribution in [0, 0.1) is 0 Å². The van der Waals surface area contributed by atoms with Crippen LogP contribution < -0.4 is 5.32 Å². The highest BCUT2D eigenvalue weighted by Gasteiger charge is 2.23. The van der Waals surface area contributed by atoms with Crippen molar-refractivity contribution in [3.05, 3.63) is 10.6 Å². The van der Waals surface area contributed by atoms with Gasteiger partial charge in [-0.05, 0) is 32.1 Å². The summed E-state index contributed by atoms with van der Waals surface area (Å²) in [5.41, 5.74) is 1.16. The van der Waals surface area contributed by atoms with Crippen molar-refractivity contribution in [2.45, 2.75) is 51.4 Å². The quantitative estimate of drug-likeness (QED) is 0.932. The summed E-state index contributed by atoms with van der Waals surface area (Å²) in [7, 11) is 0. The molecule has 6 heteroatoms. The number of aromatic nitrogens is 1. The van der Waals surface area contributed by atoms with Crippen LogP contribution in [0.4, 0.5) is 5.13 Å². The van der Waals surface area contributed by atoms with E-state index >= 15 is 0 Å². The molecule has 2 aliphatic rings. The number of fused-ring (bicyclic) bond motifs is 1. The third-order valence-electron chi connectivity index (χ3n) is 4.10. The van der Waals surface area contributed by atoms with E-state index in [1.54, 1.807) is 16.2 Å². The zero-order valence-corrected chi connectivity index (χ0v) is 13.0. The first-order valence-corrected chi connectivity index (χ1v) is 8.60. The minimum atomic E-state index is -0.132. The van der Waals surface area contributed by atoms with Gasteiger partial charge in [0.05, 0.1) is 12.2 Å². The smallest absolute Gasteiger partial charge is 0.245 e. The van der Waals surface area contributed by atoms with Crippen LogP contribution in [0.2, 0.25) is 0 Å². The average molecular weight is 307 g/mol. The van der Waals surface area contributed by atoms with Gasteiger partial charge in [0.25, 0.3) is 0 Å². The minimum Gasteiger partial charge on any atom is -0.333 e. The Bertz CT molecular complexity index is 516. The number of nitrogens with zero attached hydrogens (tertiary/aromatic N) is 2. The molecule has 1 aliphatic heterocycles. The summed E-state index contributed by atoms with van der Waals surface area (Å²) in [5.74, 6) is -0.0523. The number of hydrogen-bond acceptors (Lipinski definition) is 4. The molecule has 0 spiro atoms. The van der Waals surface area contributed by atoms with Crippen LogP contribution in [0.15, 0.2) is 0 Å². The molecule has 1 saturated heterocycles. The van der Waals surface area contributed by atoms with Gasteiger partial charge >= 0.3 is 0 Å².